The van der Waals surface area contributed by atoms with Crippen LogP contribution in [0, 0.1) is 0 Å². The largest absolute Gasteiger partial charge is 0.179 e. The van der Waals surface area contributed by atoms with Gasteiger partial charge in [-0.05, 0) is 55.4 Å². The van der Waals surface area contributed by atoms with Crippen molar-refractivity contribution in [1.82, 2.24) is 4.86 Å². The van der Waals surface area contributed by atoms with Crippen LogP contribution in [0.4, 0.5) is 0 Å². The Morgan fingerprint density at radius 2 is 0.765 bits per heavy atom. The molecule has 1 nitrogen and oxygen atoms in total. The second-order valence-corrected chi connectivity index (χ2v) is 17.8. The highest BCUT2D eigenvalue weighted by Gasteiger charge is 2.55. The van der Waals surface area contributed by atoms with E-state index in [0.717, 1.165) is 0 Å². The summed E-state index contributed by atoms with van der Waals surface area (Å²) in [5.41, 5.74) is 2.37. The minimum Gasteiger partial charge on any atom is -0.0538 e. The van der Waals surface area contributed by atoms with Gasteiger partial charge in [0.05, 0.1) is 22.6 Å². The Kier molecular flexibility index (Phi) is 7.41. The molecule has 1 N–H and O–H groups in total. The molecular formula is C12H31NP2S2+2. The first-order valence-electron chi connectivity index (χ1n) is 6.50. The highest BCUT2D eigenvalue weighted by Crippen LogP contribution is 2.80. The molecule has 104 valence electrons. The summed E-state index contributed by atoms with van der Waals surface area (Å²) < 4.78 is 0. The Hall–Kier alpha value is 1.52. The molecule has 0 aliphatic carbocycles. The van der Waals surface area contributed by atoms with Crippen LogP contribution in [0.3, 0.4) is 0 Å². The van der Waals surface area contributed by atoms with E-state index in [-0.39, 0.29) is 0 Å². The monoisotopic (exact) mass is 315 g/mol. The average molecular weight is 315 g/mol. The van der Waals surface area contributed by atoms with Crippen LogP contribution < -0.4 is 4.86 Å². The first kappa shape index (κ1) is 18.5. The van der Waals surface area contributed by atoms with Crippen molar-refractivity contribution in [2.75, 3.05) is 0 Å². The molecule has 0 aromatic rings. The van der Waals surface area contributed by atoms with E-state index in [9.17, 15) is 0 Å². The van der Waals surface area contributed by atoms with E-state index in [1.807, 2.05) is 0 Å². The van der Waals surface area contributed by atoms with Crippen LogP contribution in [0.15, 0.2) is 0 Å². The molecule has 0 atom stereocenters. The second-order valence-electron chi connectivity index (χ2n) is 5.95. The summed E-state index contributed by atoms with van der Waals surface area (Å²) >= 11 is 10.1. The summed E-state index contributed by atoms with van der Waals surface area (Å²) in [7, 11) is 0. The van der Waals surface area contributed by atoms with Crippen molar-refractivity contribution >= 4 is 37.7 Å². The first-order chi connectivity index (χ1) is 7.48. The number of thiol groups is 2. The standard InChI is InChI=1S/C12H31NP2S2/c1-9(2)14(16,10(3)4)13-15(17,11(5)6)12(7)8/h9-13,16-17H,1-8H3/q+2. The van der Waals surface area contributed by atoms with Crippen molar-refractivity contribution in [3.8, 4) is 0 Å². The number of hydrogen-bond donors (Lipinski definition) is 3. The predicted molar refractivity (Wildman–Crippen MR) is 95.5 cm³/mol. The topological polar surface area (TPSA) is 12.0 Å². The summed E-state index contributed by atoms with van der Waals surface area (Å²) in [4.78, 5) is 3.96. The SMILES string of the molecule is CC(C)[P+](S)(N[P+](S)(C(C)C)C(C)C)C(C)C. The van der Waals surface area contributed by atoms with Gasteiger partial charge in [-0.1, -0.05) is 4.86 Å². The lowest BCUT2D eigenvalue weighted by molar-refractivity contribution is 0.958. The van der Waals surface area contributed by atoms with E-state index in [1.54, 1.807) is 0 Å². The number of hydrogen-bond acceptors (Lipinski definition) is 3. The molecular weight excluding hydrogens is 284 g/mol. The number of rotatable bonds is 6. The van der Waals surface area contributed by atoms with Gasteiger partial charge in [0.25, 0.3) is 0 Å². The van der Waals surface area contributed by atoms with E-state index in [4.69, 9.17) is 24.5 Å². The van der Waals surface area contributed by atoms with E-state index < -0.39 is 13.2 Å². The molecule has 0 rings (SSSR count). The molecule has 17 heavy (non-hydrogen) atoms. The highest BCUT2D eigenvalue weighted by atomic mass is 32.7. The van der Waals surface area contributed by atoms with Gasteiger partial charge in [0.15, 0.2) is 13.2 Å². The molecule has 0 amide bonds. The molecule has 0 spiro atoms. The van der Waals surface area contributed by atoms with Gasteiger partial charge in [-0.3, -0.25) is 0 Å². The fraction of sp³-hybridized carbons (Fsp3) is 1.00. The molecule has 5 heteroatoms. The number of nitrogens with one attached hydrogen (secondary N) is 1. The molecule has 0 aliphatic rings. The van der Waals surface area contributed by atoms with Crippen LogP contribution in [0.2, 0.25) is 0 Å². The Morgan fingerprint density at radius 1 is 0.588 bits per heavy atom. The maximum atomic E-state index is 5.07. The van der Waals surface area contributed by atoms with E-state index >= 15 is 0 Å². The van der Waals surface area contributed by atoms with Gasteiger partial charge in [-0.25, -0.2) is 0 Å². The zero-order valence-corrected chi connectivity index (χ0v) is 16.2. The zero-order valence-electron chi connectivity index (χ0n) is 12.6. The van der Waals surface area contributed by atoms with Gasteiger partial charge < -0.3 is 0 Å². The van der Waals surface area contributed by atoms with Crippen molar-refractivity contribution in [2.45, 2.75) is 78.0 Å². The molecule has 0 radical (unpaired) electrons. The summed E-state index contributed by atoms with van der Waals surface area (Å²) in [6.07, 6.45) is 0. The first-order valence-corrected chi connectivity index (χ1v) is 12.7. The quantitative estimate of drug-likeness (QED) is 0.418. The third kappa shape index (κ3) is 4.25. The van der Waals surface area contributed by atoms with Gasteiger partial charge in [0, 0.05) is 24.5 Å². The van der Waals surface area contributed by atoms with Crippen LogP contribution in [-0.2, 0) is 0 Å². The third-order valence-corrected chi connectivity index (χ3v) is 19.5. The molecule has 0 aromatic carbocycles. The van der Waals surface area contributed by atoms with E-state index in [2.05, 4.69) is 60.2 Å². The molecule has 0 fully saturated rings. The molecule has 0 bridgehead atoms. The maximum absolute atomic E-state index is 5.07. The lowest BCUT2D eigenvalue weighted by Gasteiger charge is -2.36. The van der Waals surface area contributed by atoms with Gasteiger partial charge in [-0.15, -0.1) is 0 Å². The zero-order chi connectivity index (χ0) is 14.0. The Labute approximate surface area is 120 Å². The van der Waals surface area contributed by atoms with Crippen molar-refractivity contribution in [3.05, 3.63) is 0 Å². The van der Waals surface area contributed by atoms with Crippen molar-refractivity contribution in [2.24, 2.45) is 0 Å². The smallest absolute Gasteiger partial charge is 0.0538 e. The fourth-order valence-corrected chi connectivity index (χ4v) is 13.3. The predicted octanol–water partition coefficient (Wildman–Crippen LogP) is 5.76. The van der Waals surface area contributed by atoms with Gasteiger partial charge in [-0.2, -0.15) is 0 Å². The molecule has 0 unspecified atom stereocenters. The van der Waals surface area contributed by atoms with Crippen LogP contribution in [-0.4, -0.2) is 22.6 Å². The lowest BCUT2D eigenvalue weighted by atomic mass is 10.5. The van der Waals surface area contributed by atoms with E-state index in [0.29, 0.717) is 22.6 Å². The summed E-state index contributed by atoms with van der Waals surface area (Å²) in [6.45, 7) is 15.4. The van der Waals surface area contributed by atoms with Gasteiger partial charge >= 0.3 is 0 Å². The molecule has 0 saturated heterocycles. The van der Waals surface area contributed by atoms with Crippen LogP contribution in [0.1, 0.15) is 55.4 Å². The van der Waals surface area contributed by atoms with Gasteiger partial charge in [0.1, 0.15) is 0 Å². The molecule has 0 aromatic heterocycles. The van der Waals surface area contributed by atoms with Crippen molar-refractivity contribution in [1.29, 1.82) is 0 Å². The average Bonchev–Trinajstić information content (AvgIpc) is 2.15. The van der Waals surface area contributed by atoms with E-state index in [1.165, 1.54) is 0 Å². The molecule has 0 heterocycles. The Morgan fingerprint density at radius 3 is 0.882 bits per heavy atom. The van der Waals surface area contributed by atoms with Crippen molar-refractivity contribution in [3.63, 3.8) is 0 Å². The second kappa shape index (κ2) is 6.80. The normalized spacial score (nSPS) is 14.5. The Balaban J connectivity index is 5.22. The highest BCUT2D eigenvalue weighted by molar-refractivity contribution is 8.60. The van der Waals surface area contributed by atoms with Gasteiger partial charge in [0.2, 0.25) is 0 Å². The third-order valence-electron chi connectivity index (χ3n) is 3.47. The fourth-order valence-electron chi connectivity index (χ4n) is 1.91. The summed E-state index contributed by atoms with van der Waals surface area (Å²) in [5.74, 6) is 0. The minimum absolute atomic E-state index is 0.592. The summed E-state index contributed by atoms with van der Waals surface area (Å²) in [5, 5.41) is 0. The van der Waals surface area contributed by atoms with Crippen LogP contribution >= 0.6 is 37.7 Å². The molecule has 0 saturated carbocycles. The lowest BCUT2D eigenvalue weighted by Crippen LogP contribution is -2.30. The maximum Gasteiger partial charge on any atom is 0.179 e. The van der Waals surface area contributed by atoms with Crippen LogP contribution in [0.25, 0.3) is 0 Å². The molecule has 0 aliphatic heterocycles. The minimum atomic E-state index is -1.43. The summed E-state index contributed by atoms with van der Waals surface area (Å²) in [6, 6.07) is 0. The van der Waals surface area contributed by atoms with Crippen LogP contribution in [0.5, 0.6) is 0 Å². The van der Waals surface area contributed by atoms with Crippen molar-refractivity contribution < 1.29 is 0 Å². The Bertz CT molecular complexity index is 203.